The van der Waals surface area contributed by atoms with E-state index in [2.05, 4.69) is 17.6 Å². The number of hydrogen-bond acceptors (Lipinski definition) is 2. The number of nitrogens with zero attached hydrogens (tertiary/aromatic N) is 1. The van der Waals surface area contributed by atoms with Gasteiger partial charge in [-0.3, -0.25) is 4.79 Å². The van der Waals surface area contributed by atoms with Crippen LogP contribution in [-0.4, -0.2) is 15.7 Å². The summed E-state index contributed by atoms with van der Waals surface area (Å²) in [4.78, 5) is 11.7. The van der Waals surface area contributed by atoms with Crippen LogP contribution < -0.4 is 16.2 Å². The Morgan fingerprint density at radius 3 is 2.90 bits per heavy atom. The summed E-state index contributed by atoms with van der Waals surface area (Å²) in [5.74, 6) is 1.70. The minimum atomic E-state index is 0.0365. The van der Waals surface area contributed by atoms with Crippen molar-refractivity contribution < 1.29 is 0 Å². The van der Waals surface area contributed by atoms with Crippen molar-refractivity contribution in [1.82, 2.24) is 9.88 Å². The molecule has 2 saturated carbocycles. The maximum atomic E-state index is 11.7. The van der Waals surface area contributed by atoms with Crippen LogP contribution >= 0.6 is 12.2 Å². The van der Waals surface area contributed by atoms with Crippen LogP contribution in [0.5, 0.6) is 0 Å². The molecule has 2 bridgehead atoms. The molecular formula is C16H23N3OS. The molecule has 0 spiro atoms. The maximum absolute atomic E-state index is 11.7. The van der Waals surface area contributed by atoms with Gasteiger partial charge in [-0.15, -0.1) is 0 Å². The van der Waals surface area contributed by atoms with E-state index in [-0.39, 0.29) is 5.56 Å². The first-order chi connectivity index (χ1) is 10.2. The molecule has 0 amide bonds. The monoisotopic (exact) mass is 305 g/mol. The molecule has 0 radical (unpaired) electrons. The maximum Gasteiger partial charge on any atom is 0.250 e. The molecule has 2 fully saturated rings. The van der Waals surface area contributed by atoms with E-state index in [1.165, 1.54) is 25.7 Å². The summed E-state index contributed by atoms with van der Waals surface area (Å²) < 4.78 is 1.72. The highest BCUT2D eigenvalue weighted by Gasteiger charge is 2.39. The van der Waals surface area contributed by atoms with Gasteiger partial charge in [0.2, 0.25) is 0 Å². The topological polar surface area (TPSA) is 46.1 Å². The van der Waals surface area contributed by atoms with Crippen LogP contribution in [0.2, 0.25) is 0 Å². The molecule has 114 valence electrons. The first-order valence-electron chi connectivity index (χ1n) is 7.93. The van der Waals surface area contributed by atoms with Gasteiger partial charge in [0.1, 0.15) is 0 Å². The van der Waals surface area contributed by atoms with Gasteiger partial charge in [-0.1, -0.05) is 13.3 Å². The number of aryl methyl sites for hydroxylation is 1. The lowest BCUT2D eigenvalue weighted by Gasteiger charge is -2.24. The summed E-state index contributed by atoms with van der Waals surface area (Å²) >= 11 is 5.42. The van der Waals surface area contributed by atoms with Gasteiger partial charge in [-0.2, -0.15) is 0 Å². The van der Waals surface area contributed by atoms with E-state index in [4.69, 9.17) is 12.2 Å². The number of nitrogens with one attached hydrogen (secondary N) is 2. The molecule has 2 aliphatic rings. The third-order valence-corrected chi connectivity index (χ3v) is 4.98. The van der Waals surface area contributed by atoms with Crippen LogP contribution in [0.3, 0.4) is 0 Å². The zero-order valence-corrected chi connectivity index (χ0v) is 13.3. The van der Waals surface area contributed by atoms with Crippen molar-refractivity contribution in [2.75, 3.05) is 5.32 Å². The number of fused-ring (bicyclic) bond motifs is 2. The Labute approximate surface area is 130 Å². The molecule has 2 aliphatic carbocycles. The molecule has 0 saturated heterocycles. The molecule has 3 atom stereocenters. The van der Waals surface area contributed by atoms with E-state index in [1.54, 1.807) is 16.7 Å². The second-order valence-corrected chi connectivity index (χ2v) is 6.74. The average Bonchev–Trinajstić information content (AvgIpc) is 3.05. The van der Waals surface area contributed by atoms with Crippen LogP contribution in [0, 0.1) is 11.8 Å². The highest BCUT2D eigenvalue weighted by Crippen LogP contribution is 2.44. The van der Waals surface area contributed by atoms with Gasteiger partial charge < -0.3 is 15.2 Å². The highest BCUT2D eigenvalue weighted by atomic mass is 32.1. The van der Waals surface area contributed by atoms with Crippen molar-refractivity contribution in [3.8, 4) is 0 Å². The number of pyridine rings is 1. The van der Waals surface area contributed by atoms with Crippen molar-refractivity contribution in [2.24, 2.45) is 11.8 Å². The van der Waals surface area contributed by atoms with Crippen LogP contribution in [0.15, 0.2) is 23.1 Å². The number of thiocarbonyl (C=S) groups is 1. The second kappa shape index (κ2) is 6.18. The Kier molecular flexibility index (Phi) is 4.29. The summed E-state index contributed by atoms with van der Waals surface area (Å²) in [5.41, 5.74) is 0.915. The minimum Gasteiger partial charge on any atom is -0.359 e. The van der Waals surface area contributed by atoms with Gasteiger partial charge in [0.25, 0.3) is 5.56 Å². The quantitative estimate of drug-likeness (QED) is 0.840. The molecular weight excluding hydrogens is 282 g/mol. The van der Waals surface area contributed by atoms with Gasteiger partial charge >= 0.3 is 0 Å². The Morgan fingerprint density at radius 1 is 1.38 bits per heavy atom. The van der Waals surface area contributed by atoms with Crippen LogP contribution in [0.1, 0.15) is 39.0 Å². The first-order valence-corrected chi connectivity index (χ1v) is 8.34. The predicted octanol–water partition coefficient (Wildman–Crippen LogP) is 2.73. The average molecular weight is 305 g/mol. The van der Waals surface area contributed by atoms with Crippen LogP contribution in [-0.2, 0) is 6.54 Å². The molecule has 4 nitrogen and oxygen atoms in total. The fourth-order valence-corrected chi connectivity index (χ4v) is 4.05. The fourth-order valence-electron chi connectivity index (χ4n) is 3.78. The Morgan fingerprint density at radius 2 is 2.24 bits per heavy atom. The largest absolute Gasteiger partial charge is 0.359 e. The molecule has 3 rings (SSSR count). The van der Waals surface area contributed by atoms with E-state index in [0.29, 0.717) is 11.2 Å². The molecule has 0 aromatic carbocycles. The Bertz CT molecular complexity index is 583. The summed E-state index contributed by atoms with van der Waals surface area (Å²) in [6, 6.07) is 3.92. The van der Waals surface area contributed by atoms with Crippen LogP contribution in [0.4, 0.5) is 5.69 Å². The van der Waals surface area contributed by atoms with Gasteiger partial charge in [-0.25, -0.2) is 0 Å². The molecule has 2 N–H and O–H groups in total. The number of rotatable bonds is 4. The molecule has 1 aromatic heterocycles. The van der Waals surface area contributed by atoms with E-state index in [1.807, 2.05) is 6.20 Å². The molecule has 0 unspecified atom stereocenters. The Hall–Kier alpha value is -1.36. The van der Waals surface area contributed by atoms with E-state index < -0.39 is 0 Å². The van der Waals surface area contributed by atoms with Crippen molar-refractivity contribution in [1.29, 1.82) is 0 Å². The smallest absolute Gasteiger partial charge is 0.250 e. The van der Waals surface area contributed by atoms with E-state index in [9.17, 15) is 4.79 Å². The standard InChI is InChI=1S/C16H23N3OS/c1-2-7-19-10-13(5-6-15(19)20)17-16(21)18-14-9-11-3-4-12(14)8-11/h5-6,10-12,14H,2-4,7-9H2,1H3,(H2,17,18,21)/t11-,12-,14+/m0/s1. The zero-order valence-electron chi connectivity index (χ0n) is 12.5. The zero-order chi connectivity index (χ0) is 14.8. The highest BCUT2D eigenvalue weighted by molar-refractivity contribution is 7.80. The third-order valence-electron chi connectivity index (χ3n) is 4.76. The first kappa shape index (κ1) is 14.6. The summed E-state index contributed by atoms with van der Waals surface area (Å²) in [5, 5.41) is 7.35. The van der Waals surface area contributed by atoms with Crippen molar-refractivity contribution in [3.05, 3.63) is 28.7 Å². The van der Waals surface area contributed by atoms with Crippen molar-refractivity contribution in [2.45, 2.75) is 51.6 Å². The van der Waals surface area contributed by atoms with Crippen LogP contribution in [0.25, 0.3) is 0 Å². The third kappa shape index (κ3) is 3.28. The second-order valence-electron chi connectivity index (χ2n) is 6.33. The van der Waals surface area contributed by atoms with E-state index >= 15 is 0 Å². The normalized spacial score (nSPS) is 26.8. The summed E-state index contributed by atoms with van der Waals surface area (Å²) in [7, 11) is 0. The SMILES string of the molecule is CCCn1cc(NC(=S)N[C@@H]2C[C@H]3CC[C@H]2C3)ccc1=O. The Balaban J connectivity index is 1.59. The number of anilines is 1. The predicted molar refractivity (Wildman–Crippen MR) is 89.6 cm³/mol. The van der Waals surface area contributed by atoms with Gasteiger partial charge in [-0.05, 0) is 55.8 Å². The van der Waals surface area contributed by atoms with E-state index in [0.717, 1.165) is 30.5 Å². The number of hydrogen-bond donors (Lipinski definition) is 2. The minimum absolute atomic E-state index is 0.0365. The molecule has 21 heavy (non-hydrogen) atoms. The summed E-state index contributed by atoms with van der Waals surface area (Å²) in [6.45, 7) is 2.80. The van der Waals surface area contributed by atoms with Gasteiger partial charge in [0.05, 0.1) is 5.69 Å². The summed E-state index contributed by atoms with van der Waals surface area (Å²) in [6.07, 6.45) is 8.14. The fraction of sp³-hybridized carbons (Fsp3) is 0.625. The molecule has 1 aromatic rings. The lowest BCUT2D eigenvalue weighted by atomic mass is 9.96. The molecule has 1 heterocycles. The van der Waals surface area contributed by atoms with Gasteiger partial charge in [0.15, 0.2) is 5.11 Å². The van der Waals surface area contributed by atoms with Gasteiger partial charge in [0, 0.05) is 24.8 Å². The lowest BCUT2D eigenvalue weighted by molar-refractivity contribution is 0.392. The van der Waals surface area contributed by atoms with Crippen molar-refractivity contribution >= 4 is 23.0 Å². The number of aromatic nitrogens is 1. The lowest BCUT2D eigenvalue weighted by Crippen LogP contribution is -2.41. The molecule has 5 heteroatoms. The van der Waals surface area contributed by atoms with Crippen molar-refractivity contribution in [3.63, 3.8) is 0 Å². The molecule has 0 aliphatic heterocycles.